The van der Waals surface area contributed by atoms with E-state index in [0.717, 1.165) is 16.5 Å². The maximum atomic E-state index is 12.2. The largest absolute Gasteiger partial charge is 0.468 e. The molecule has 1 atom stereocenters. The minimum absolute atomic E-state index is 0.0513. The van der Waals surface area contributed by atoms with Crippen LogP contribution in [0.1, 0.15) is 20.3 Å². The standard InChI is InChI=1S/C19H24N2O3/c1-13(2)11-17(19(23)24-3)20-12-18(22)21-16-10-6-8-14-7-4-5-9-15(14)16/h4-10,13,17,20H,11-12H2,1-3H3,(H,21,22)/t17-/m0/s1. The van der Waals surface area contributed by atoms with Crippen molar-refractivity contribution in [3.63, 3.8) is 0 Å². The van der Waals surface area contributed by atoms with Crippen LogP contribution in [0.25, 0.3) is 10.8 Å². The molecule has 24 heavy (non-hydrogen) atoms. The molecule has 0 spiro atoms. The Kier molecular flexibility index (Phi) is 6.32. The molecule has 5 nitrogen and oxygen atoms in total. The topological polar surface area (TPSA) is 67.4 Å². The fraction of sp³-hybridized carbons (Fsp3) is 0.368. The van der Waals surface area contributed by atoms with Crippen molar-refractivity contribution >= 4 is 28.3 Å². The second-order valence-electron chi connectivity index (χ2n) is 6.16. The lowest BCUT2D eigenvalue weighted by atomic mass is 10.0. The van der Waals surface area contributed by atoms with Gasteiger partial charge in [-0.25, -0.2) is 0 Å². The first-order valence-electron chi connectivity index (χ1n) is 8.10. The average Bonchev–Trinajstić information content (AvgIpc) is 2.58. The Balaban J connectivity index is 2.00. The maximum Gasteiger partial charge on any atom is 0.322 e. The highest BCUT2D eigenvalue weighted by molar-refractivity contribution is 6.02. The molecule has 2 rings (SSSR count). The first-order chi connectivity index (χ1) is 11.5. The van der Waals surface area contributed by atoms with Crippen LogP contribution in [0.4, 0.5) is 5.69 Å². The molecule has 0 aromatic heterocycles. The van der Waals surface area contributed by atoms with Crippen molar-refractivity contribution in [2.75, 3.05) is 19.0 Å². The van der Waals surface area contributed by atoms with Crippen molar-refractivity contribution < 1.29 is 14.3 Å². The van der Waals surface area contributed by atoms with Crippen molar-refractivity contribution in [1.29, 1.82) is 0 Å². The summed E-state index contributed by atoms with van der Waals surface area (Å²) < 4.78 is 4.79. The van der Waals surface area contributed by atoms with Gasteiger partial charge in [0.1, 0.15) is 6.04 Å². The average molecular weight is 328 g/mol. The van der Waals surface area contributed by atoms with Gasteiger partial charge in [0.25, 0.3) is 0 Å². The van der Waals surface area contributed by atoms with Crippen LogP contribution in [0.5, 0.6) is 0 Å². The van der Waals surface area contributed by atoms with Gasteiger partial charge in [-0.2, -0.15) is 0 Å². The van der Waals surface area contributed by atoms with Gasteiger partial charge >= 0.3 is 5.97 Å². The quantitative estimate of drug-likeness (QED) is 0.767. The molecule has 0 aliphatic carbocycles. The summed E-state index contributed by atoms with van der Waals surface area (Å²) in [5.74, 6) is -0.214. The number of amides is 1. The number of hydrogen-bond donors (Lipinski definition) is 2. The number of nitrogens with one attached hydrogen (secondary N) is 2. The van der Waals surface area contributed by atoms with Crippen LogP contribution in [0.2, 0.25) is 0 Å². The number of ether oxygens (including phenoxy) is 1. The van der Waals surface area contributed by atoms with Crippen LogP contribution >= 0.6 is 0 Å². The first kappa shape index (κ1) is 17.9. The second-order valence-corrected chi connectivity index (χ2v) is 6.16. The highest BCUT2D eigenvalue weighted by Crippen LogP contribution is 2.22. The second kappa shape index (κ2) is 8.45. The molecule has 0 radical (unpaired) electrons. The van der Waals surface area contributed by atoms with Crippen molar-refractivity contribution in [1.82, 2.24) is 5.32 Å². The van der Waals surface area contributed by atoms with E-state index >= 15 is 0 Å². The molecule has 0 heterocycles. The molecule has 2 aromatic rings. The van der Waals surface area contributed by atoms with Crippen LogP contribution in [0, 0.1) is 5.92 Å². The lowest BCUT2D eigenvalue weighted by molar-refractivity contribution is -0.143. The Labute approximate surface area is 142 Å². The van der Waals surface area contributed by atoms with Crippen LogP contribution in [0.15, 0.2) is 42.5 Å². The van der Waals surface area contributed by atoms with E-state index in [1.807, 2.05) is 56.3 Å². The Morgan fingerprint density at radius 2 is 1.79 bits per heavy atom. The van der Waals surface area contributed by atoms with Crippen LogP contribution in [0.3, 0.4) is 0 Å². The molecule has 1 amide bonds. The number of fused-ring (bicyclic) bond motifs is 1. The number of hydrogen-bond acceptors (Lipinski definition) is 4. The minimum atomic E-state index is -0.478. The molecule has 2 aromatic carbocycles. The van der Waals surface area contributed by atoms with Crippen molar-refractivity contribution in [3.8, 4) is 0 Å². The maximum absolute atomic E-state index is 12.2. The zero-order chi connectivity index (χ0) is 17.5. The number of rotatable bonds is 7. The summed E-state index contributed by atoms with van der Waals surface area (Å²) in [6.45, 7) is 4.09. The highest BCUT2D eigenvalue weighted by atomic mass is 16.5. The van der Waals surface area contributed by atoms with E-state index in [2.05, 4.69) is 10.6 Å². The molecule has 5 heteroatoms. The number of methoxy groups -OCH3 is 1. The third kappa shape index (κ3) is 4.80. The Bertz CT molecular complexity index is 707. The molecular weight excluding hydrogens is 304 g/mol. The van der Waals surface area contributed by atoms with E-state index < -0.39 is 6.04 Å². The third-order valence-electron chi connectivity index (χ3n) is 3.77. The van der Waals surface area contributed by atoms with E-state index in [1.54, 1.807) is 0 Å². The molecule has 0 saturated heterocycles. The van der Waals surface area contributed by atoms with Gasteiger partial charge in [0.15, 0.2) is 0 Å². The predicted octanol–water partition coefficient (Wildman–Crippen LogP) is 2.96. The first-order valence-corrected chi connectivity index (χ1v) is 8.10. The molecule has 2 N–H and O–H groups in total. The normalized spacial score (nSPS) is 12.2. The summed E-state index contributed by atoms with van der Waals surface area (Å²) in [6.07, 6.45) is 0.619. The number of benzene rings is 2. The zero-order valence-electron chi connectivity index (χ0n) is 14.3. The Morgan fingerprint density at radius 1 is 1.08 bits per heavy atom. The molecule has 0 unspecified atom stereocenters. The summed E-state index contributed by atoms with van der Waals surface area (Å²) in [5.41, 5.74) is 0.762. The van der Waals surface area contributed by atoms with Gasteiger partial charge in [-0.1, -0.05) is 50.2 Å². The fourth-order valence-electron chi connectivity index (χ4n) is 2.62. The number of carbonyl (C=O) groups is 2. The summed E-state index contributed by atoms with van der Waals surface area (Å²) >= 11 is 0. The van der Waals surface area contributed by atoms with Gasteiger partial charge in [-0.15, -0.1) is 0 Å². The highest BCUT2D eigenvalue weighted by Gasteiger charge is 2.20. The summed E-state index contributed by atoms with van der Waals surface area (Å²) in [5, 5.41) is 7.93. The van der Waals surface area contributed by atoms with E-state index in [0.29, 0.717) is 12.3 Å². The van der Waals surface area contributed by atoms with Crippen molar-refractivity contribution in [2.24, 2.45) is 5.92 Å². The van der Waals surface area contributed by atoms with Crippen LogP contribution < -0.4 is 10.6 Å². The summed E-state index contributed by atoms with van der Waals surface area (Å²) in [6, 6.07) is 13.2. The predicted molar refractivity (Wildman–Crippen MR) is 95.8 cm³/mol. The molecule has 0 fully saturated rings. The molecule has 0 aliphatic rings. The Morgan fingerprint density at radius 3 is 2.50 bits per heavy atom. The van der Waals surface area contributed by atoms with Gasteiger partial charge in [0.05, 0.1) is 13.7 Å². The van der Waals surface area contributed by atoms with E-state index in [4.69, 9.17) is 4.74 Å². The van der Waals surface area contributed by atoms with E-state index in [1.165, 1.54) is 7.11 Å². The van der Waals surface area contributed by atoms with E-state index in [-0.39, 0.29) is 18.4 Å². The van der Waals surface area contributed by atoms with Gasteiger partial charge in [-0.3, -0.25) is 14.9 Å². The number of carbonyl (C=O) groups excluding carboxylic acids is 2. The van der Waals surface area contributed by atoms with Gasteiger partial charge in [0.2, 0.25) is 5.91 Å². The van der Waals surface area contributed by atoms with Crippen molar-refractivity contribution in [2.45, 2.75) is 26.3 Å². The molecule has 0 aliphatic heterocycles. The third-order valence-corrected chi connectivity index (χ3v) is 3.77. The monoisotopic (exact) mass is 328 g/mol. The summed E-state index contributed by atoms with van der Waals surface area (Å²) in [4.78, 5) is 24.0. The van der Waals surface area contributed by atoms with Gasteiger partial charge in [0, 0.05) is 11.1 Å². The fourth-order valence-corrected chi connectivity index (χ4v) is 2.62. The molecular formula is C19H24N2O3. The molecule has 128 valence electrons. The zero-order valence-corrected chi connectivity index (χ0v) is 14.3. The lowest BCUT2D eigenvalue weighted by Crippen LogP contribution is -2.42. The Hall–Kier alpha value is -2.40. The van der Waals surface area contributed by atoms with Gasteiger partial charge < -0.3 is 10.1 Å². The smallest absolute Gasteiger partial charge is 0.322 e. The molecule has 0 saturated carbocycles. The van der Waals surface area contributed by atoms with E-state index in [9.17, 15) is 9.59 Å². The lowest BCUT2D eigenvalue weighted by Gasteiger charge is -2.18. The van der Waals surface area contributed by atoms with Gasteiger partial charge in [-0.05, 0) is 23.8 Å². The molecule has 0 bridgehead atoms. The SMILES string of the molecule is COC(=O)[C@H](CC(C)C)NCC(=O)Nc1cccc2ccccc12. The number of esters is 1. The number of anilines is 1. The minimum Gasteiger partial charge on any atom is -0.468 e. The van der Waals surface area contributed by atoms with Crippen molar-refractivity contribution in [3.05, 3.63) is 42.5 Å². The van der Waals surface area contributed by atoms with Crippen LogP contribution in [-0.2, 0) is 14.3 Å². The summed E-state index contributed by atoms with van der Waals surface area (Å²) in [7, 11) is 1.35. The van der Waals surface area contributed by atoms with Crippen LogP contribution in [-0.4, -0.2) is 31.6 Å².